The van der Waals surface area contributed by atoms with Crippen LogP contribution in [0.15, 0.2) is 11.0 Å². The molecule has 2 heterocycles. The summed E-state index contributed by atoms with van der Waals surface area (Å²) in [6, 6.07) is 1.27. The summed E-state index contributed by atoms with van der Waals surface area (Å²) in [5, 5.41) is 8.94. The van der Waals surface area contributed by atoms with Crippen molar-refractivity contribution in [2.75, 3.05) is 13.1 Å². The first-order chi connectivity index (χ1) is 8.86. The van der Waals surface area contributed by atoms with Crippen LogP contribution < -0.4 is 0 Å². The zero-order valence-corrected chi connectivity index (χ0v) is 12.6. The van der Waals surface area contributed by atoms with Gasteiger partial charge in [-0.05, 0) is 25.3 Å². The van der Waals surface area contributed by atoms with E-state index in [9.17, 15) is 13.2 Å². The largest absolute Gasteiger partial charge is 0.477 e. The maximum atomic E-state index is 12.5. The Morgan fingerprint density at radius 3 is 2.74 bits per heavy atom. The number of carboxylic acids is 1. The Bertz CT molecular complexity index is 591. The molecule has 2 rings (SSSR count). The van der Waals surface area contributed by atoms with Crippen LogP contribution in [-0.4, -0.2) is 36.9 Å². The standard InChI is InChI=1S/C12H17NO4S2/c1-3-9-4-5-13(7-9)19(16,17)11-6-10(12(14)15)18-8(11)2/h6,9H,3-5,7H2,1-2H3,(H,14,15). The van der Waals surface area contributed by atoms with Crippen molar-refractivity contribution < 1.29 is 18.3 Å². The third-order valence-corrected chi connectivity index (χ3v) is 6.69. The van der Waals surface area contributed by atoms with Gasteiger partial charge in [-0.2, -0.15) is 4.31 Å². The van der Waals surface area contributed by atoms with E-state index in [1.807, 2.05) is 0 Å². The van der Waals surface area contributed by atoms with Gasteiger partial charge < -0.3 is 5.11 Å². The van der Waals surface area contributed by atoms with Crippen molar-refractivity contribution in [3.63, 3.8) is 0 Å². The summed E-state index contributed by atoms with van der Waals surface area (Å²) in [6.45, 7) is 4.77. The molecular weight excluding hydrogens is 286 g/mol. The maximum Gasteiger partial charge on any atom is 0.345 e. The van der Waals surface area contributed by atoms with Crippen LogP contribution in [0.5, 0.6) is 0 Å². The molecule has 1 aromatic heterocycles. The lowest BCUT2D eigenvalue weighted by Gasteiger charge is -2.16. The van der Waals surface area contributed by atoms with Crippen LogP contribution in [0.25, 0.3) is 0 Å². The first-order valence-corrected chi connectivity index (χ1v) is 8.45. The first-order valence-electron chi connectivity index (χ1n) is 6.20. The van der Waals surface area contributed by atoms with Gasteiger partial charge >= 0.3 is 5.97 Å². The highest BCUT2D eigenvalue weighted by molar-refractivity contribution is 7.89. The molecule has 0 aliphatic carbocycles. The van der Waals surface area contributed by atoms with Crippen molar-refractivity contribution in [1.29, 1.82) is 0 Å². The van der Waals surface area contributed by atoms with E-state index in [1.165, 1.54) is 10.4 Å². The fraction of sp³-hybridized carbons (Fsp3) is 0.583. The quantitative estimate of drug-likeness (QED) is 0.925. The number of sulfonamides is 1. The monoisotopic (exact) mass is 303 g/mol. The molecule has 106 valence electrons. The van der Waals surface area contributed by atoms with Gasteiger partial charge in [0.15, 0.2) is 0 Å². The molecular formula is C12H17NO4S2. The molecule has 1 aliphatic heterocycles. The number of aromatic carboxylic acids is 1. The van der Waals surface area contributed by atoms with E-state index < -0.39 is 16.0 Å². The predicted molar refractivity (Wildman–Crippen MR) is 73.2 cm³/mol. The van der Waals surface area contributed by atoms with E-state index in [-0.39, 0.29) is 9.77 Å². The van der Waals surface area contributed by atoms with Gasteiger partial charge in [0.2, 0.25) is 10.0 Å². The van der Waals surface area contributed by atoms with E-state index >= 15 is 0 Å². The Balaban J connectivity index is 2.32. The molecule has 1 unspecified atom stereocenters. The Labute approximate surface area is 116 Å². The highest BCUT2D eigenvalue weighted by Gasteiger charge is 2.33. The first kappa shape index (κ1) is 14.5. The molecule has 1 aromatic rings. The van der Waals surface area contributed by atoms with E-state index in [4.69, 9.17) is 5.11 Å². The number of hydrogen-bond donors (Lipinski definition) is 1. The number of aryl methyl sites for hydroxylation is 1. The number of carboxylic acid groups (broad SMARTS) is 1. The maximum absolute atomic E-state index is 12.5. The fourth-order valence-electron chi connectivity index (χ4n) is 2.31. The second-order valence-electron chi connectivity index (χ2n) is 4.76. The number of nitrogens with zero attached hydrogens (tertiary/aromatic N) is 1. The Hall–Kier alpha value is -0.920. The third-order valence-electron chi connectivity index (χ3n) is 3.53. The zero-order chi connectivity index (χ0) is 14.2. The van der Waals surface area contributed by atoms with Crippen molar-refractivity contribution in [1.82, 2.24) is 4.31 Å². The van der Waals surface area contributed by atoms with Crippen LogP contribution in [-0.2, 0) is 10.0 Å². The fourth-order valence-corrected chi connectivity index (χ4v) is 5.24. The van der Waals surface area contributed by atoms with E-state index in [0.29, 0.717) is 23.9 Å². The minimum absolute atomic E-state index is 0.0716. The molecule has 1 atom stereocenters. The van der Waals surface area contributed by atoms with Crippen LogP contribution >= 0.6 is 11.3 Å². The van der Waals surface area contributed by atoms with E-state index in [0.717, 1.165) is 24.2 Å². The molecule has 1 saturated heterocycles. The molecule has 1 fully saturated rings. The summed E-state index contributed by atoms with van der Waals surface area (Å²) in [7, 11) is -3.54. The lowest BCUT2D eigenvalue weighted by Crippen LogP contribution is -2.29. The number of hydrogen-bond acceptors (Lipinski definition) is 4. The number of carbonyl (C=O) groups is 1. The average Bonchev–Trinajstić information content (AvgIpc) is 2.95. The summed E-state index contributed by atoms with van der Waals surface area (Å²) < 4.78 is 26.5. The molecule has 7 heteroatoms. The number of thiophene rings is 1. The lowest BCUT2D eigenvalue weighted by molar-refractivity contribution is 0.0702. The zero-order valence-electron chi connectivity index (χ0n) is 10.9. The SMILES string of the molecule is CCC1CCN(S(=O)(=O)c2cc(C(=O)O)sc2C)C1. The molecule has 0 saturated carbocycles. The second kappa shape index (κ2) is 5.22. The molecule has 0 radical (unpaired) electrons. The van der Waals surface area contributed by atoms with Gasteiger partial charge in [-0.25, -0.2) is 13.2 Å². The molecule has 0 amide bonds. The summed E-state index contributed by atoms with van der Waals surface area (Å²) >= 11 is 1.01. The Morgan fingerprint density at radius 1 is 1.58 bits per heavy atom. The highest BCUT2D eigenvalue weighted by Crippen LogP contribution is 2.31. The van der Waals surface area contributed by atoms with Crippen molar-refractivity contribution in [2.45, 2.75) is 31.6 Å². The minimum Gasteiger partial charge on any atom is -0.477 e. The lowest BCUT2D eigenvalue weighted by atomic mass is 10.1. The van der Waals surface area contributed by atoms with Crippen molar-refractivity contribution in [2.24, 2.45) is 5.92 Å². The van der Waals surface area contributed by atoms with Gasteiger partial charge in [0.05, 0.1) is 4.90 Å². The Kier molecular flexibility index (Phi) is 3.98. The van der Waals surface area contributed by atoms with Gasteiger partial charge in [-0.3, -0.25) is 0 Å². The number of rotatable bonds is 4. The molecule has 0 aromatic carbocycles. The average molecular weight is 303 g/mol. The van der Waals surface area contributed by atoms with Crippen LogP contribution in [0.1, 0.15) is 34.3 Å². The third kappa shape index (κ3) is 2.68. The normalized spacial score (nSPS) is 20.8. The second-order valence-corrected chi connectivity index (χ2v) is 7.92. The molecule has 1 N–H and O–H groups in total. The molecule has 19 heavy (non-hydrogen) atoms. The van der Waals surface area contributed by atoms with Gasteiger partial charge in [0.1, 0.15) is 4.88 Å². The van der Waals surface area contributed by atoms with Gasteiger partial charge in [-0.1, -0.05) is 13.3 Å². The summed E-state index contributed by atoms with van der Waals surface area (Å²) in [6.07, 6.45) is 1.85. The van der Waals surface area contributed by atoms with Crippen LogP contribution in [0.3, 0.4) is 0 Å². The topological polar surface area (TPSA) is 74.7 Å². The van der Waals surface area contributed by atoms with Gasteiger partial charge in [-0.15, -0.1) is 11.3 Å². The van der Waals surface area contributed by atoms with E-state index in [2.05, 4.69) is 6.92 Å². The highest BCUT2D eigenvalue weighted by atomic mass is 32.2. The Morgan fingerprint density at radius 2 is 2.26 bits per heavy atom. The smallest absolute Gasteiger partial charge is 0.345 e. The summed E-state index contributed by atoms with van der Waals surface area (Å²) in [5.41, 5.74) is 0. The van der Waals surface area contributed by atoms with Crippen molar-refractivity contribution >= 4 is 27.3 Å². The van der Waals surface area contributed by atoms with Crippen LogP contribution in [0, 0.1) is 12.8 Å². The molecule has 0 bridgehead atoms. The van der Waals surface area contributed by atoms with Gasteiger partial charge in [0.25, 0.3) is 0 Å². The minimum atomic E-state index is -3.54. The molecule has 5 nitrogen and oxygen atoms in total. The van der Waals surface area contributed by atoms with E-state index in [1.54, 1.807) is 6.92 Å². The predicted octanol–water partition coefficient (Wildman–Crippen LogP) is 2.18. The molecule has 1 aliphatic rings. The summed E-state index contributed by atoms with van der Waals surface area (Å²) in [4.78, 5) is 11.7. The van der Waals surface area contributed by atoms with Crippen LogP contribution in [0.2, 0.25) is 0 Å². The summed E-state index contributed by atoms with van der Waals surface area (Å²) in [5.74, 6) is -0.671. The van der Waals surface area contributed by atoms with Crippen molar-refractivity contribution in [3.8, 4) is 0 Å². The van der Waals surface area contributed by atoms with Crippen LogP contribution in [0.4, 0.5) is 0 Å². The molecule has 0 spiro atoms. The van der Waals surface area contributed by atoms with Crippen molar-refractivity contribution in [3.05, 3.63) is 15.8 Å². The van der Waals surface area contributed by atoms with Gasteiger partial charge in [0, 0.05) is 18.0 Å².